The third kappa shape index (κ3) is 2.87. The van der Waals surface area contributed by atoms with Crippen LogP contribution in [0.1, 0.15) is 4.79 Å². The maximum Gasteiger partial charge on any atom is 0.465 e. The zero-order chi connectivity index (χ0) is 14.0. The predicted molar refractivity (Wildman–Crippen MR) is 50.3 cm³/mol. The average Bonchev–Trinajstić information content (AvgIpc) is 2.76. The molecule has 1 aromatic heterocycles. The SMILES string of the molecule is O=C(COC(=O)C(F)(F)S(=O)(=O)O)n1ccnc1. The Morgan fingerprint density at radius 2 is 2.06 bits per heavy atom. The molecule has 0 spiro atoms. The molecule has 0 saturated carbocycles. The second kappa shape index (κ2) is 4.78. The number of esters is 1. The number of nitrogens with zero attached hydrogens (tertiary/aromatic N) is 2. The van der Waals surface area contributed by atoms with Gasteiger partial charge in [0.2, 0.25) is 0 Å². The standard InChI is InChI=1S/C7H6F2N2O6S/c8-7(9,18(14,15)16)6(13)17-3-5(12)11-2-1-10-4-11/h1-2,4H,3H2,(H,14,15,16). The van der Waals surface area contributed by atoms with E-state index in [0.717, 1.165) is 17.1 Å². The van der Waals surface area contributed by atoms with Crippen molar-refractivity contribution < 1.29 is 36.1 Å². The minimum atomic E-state index is -5.94. The van der Waals surface area contributed by atoms with E-state index < -0.39 is 33.9 Å². The van der Waals surface area contributed by atoms with Crippen molar-refractivity contribution in [3.63, 3.8) is 0 Å². The lowest BCUT2D eigenvalue weighted by atomic mass is 10.6. The molecule has 0 atom stereocenters. The van der Waals surface area contributed by atoms with Gasteiger partial charge in [0.1, 0.15) is 6.33 Å². The van der Waals surface area contributed by atoms with Crippen molar-refractivity contribution >= 4 is 22.0 Å². The Morgan fingerprint density at radius 3 is 2.50 bits per heavy atom. The smallest absolute Gasteiger partial charge is 0.450 e. The van der Waals surface area contributed by atoms with Crippen LogP contribution >= 0.6 is 0 Å². The van der Waals surface area contributed by atoms with E-state index in [2.05, 4.69) is 9.72 Å². The van der Waals surface area contributed by atoms with Gasteiger partial charge in [-0.1, -0.05) is 0 Å². The molecule has 1 N–H and O–H groups in total. The number of rotatable bonds is 4. The Bertz CT molecular complexity index is 553. The van der Waals surface area contributed by atoms with Crippen LogP contribution in [-0.4, -0.2) is 46.3 Å². The molecule has 1 aromatic rings. The highest BCUT2D eigenvalue weighted by Gasteiger charge is 2.54. The molecule has 11 heteroatoms. The Morgan fingerprint density at radius 1 is 1.44 bits per heavy atom. The molecule has 0 fully saturated rings. The molecule has 0 unspecified atom stereocenters. The maximum atomic E-state index is 12.7. The summed E-state index contributed by atoms with van der Waals surface area (Å²) in [5, 5.41) is -5.12. The maximum absolute atomic E-state index is 12.7. The first-order chi connectivity index (χ1) is 8.16. The molecule has 0 aromatic carbocycles. The fourth-order valence-electron chi connectivity index (χ4n) is 0.798. The predicted octanol–water partition coefficient (Wildman–Crippen LogP) is -0.453. The highest BCUT2D eigenvalue weighted by atomic mass is 32.2. The summed E-state index contributed by atoms with van der Waals surface area (Å²) in [6.45, 7) is -1.12. The number of alkyl halides is 2. The average molecular weight is 284 g/mol. The molecule has 0 aliphatic heterocycles. The van der Waals surface area contributed by atoms with Crippen LogP contribution in [0.2, 0.25) is 0 Å². The van der Waals surface area contributed by atoms with Crippen LogP contribution in [0.4, 0.5) is 8.78 Å². The molecule has 100 valence electrons. The van der Waals surface area contributed by atoms with Gasteiger partial charge in [0.05, 0.1) is 0 Å². The number of carbonyl (C=O) groups excluding carboxylic acids is 2. The van der Waals surface area contributed by atoms with Gasteiger partial charge in [-0.2, -0.15) is 17.2 Å². The van der Waals surface area contributed by atoms with E-state index in [1.807, 2.05) is 0 Å². The quantitative estimate of drug-likeness (QED) is 0.587. The number of hydrogen-bond donors (Lipinski definition) is 1. The van der Waals surface area contributed by atoms with Gasteiger partial charge in [-0.05, 0) is 0 Å². The molecule has 0 saturated heterocycles. The fourth-order valence-corrected chi connectivity index (χ4v) is 1.07. The van der Waals surface area contributed by atoms with Crippen LogP contribution in [0.3, 0.4) is 0 Å². The molecular formula is C7H6F2N2O6S. The van der Waals surface area contributed by atoms with Crippen molar-refractivity contribution in [2.24, 2.45) is 0 Å². The third-order valence-corrected chi connectivity index (χ3v) is 2.50. The summed E-state index contributed by atoms with van der Waals surface area (Å²) >= 11 is 0. The second-order valence-corrected chi connectivity index (χ2v) is 4.39. The summed E-state index contributed by atoms with van der Waals surface area (Å²) in [6.07, 6.45) is 3.40. The van der Waals surface area contributed by atoms with Gasteiger partial charge < -0.3 is 4.74 Å². The second-order valence-electron chi connectivity index (χ2n) is 2.93. The van der Waals surface area contributed by atoms with Crippen molar-refractivity contribution in [2.75, 3.05) is 6.61 Å². The van der Waals surface area contributed by atoms with Crippen LogP contribution in [0.15, 0.2) is 18.7 Å². The van der Waals surface area contributed by atoms with Crippen LogP contribution in [-0.2, 0) is 19.6 Å². The number of hydrogen-bond acceptors (Lipinski definition) is 6. The highest BCUT2D eigenvalue weighted by molar-refractivity contribution is 7.87. The Labute approximate surface area is 98.9 Å². The van der Waals surface area contributed by atoms with Gasteiger partial charge in [0, 0.05) is 12.4 Å². The first-order valence-corrected chi connectivity index (χ1v) is 5.63. The monoisotopic (exact) mass is 284 g/mol. The molecular weight excluding hydrogens is 278 g/mol. The Hall–Kier alpha value is -1.88. The van der Waals surface area contributed by atoms with Gasteiger partial charge in [0.25, 0.3) is 5.91 Å². The first kappa shape index (κ1) is 14.2. The van der Waals surface area contributed by atoms with Gasteiger partial charge in [-0.3, -0.25) is 13.9 Å². The zero-order valence-electron chi connectivity index (χ0n) is 8.49. The number of halogens is 2. The molecule has 8 nitrogen and oxygen atoms in total. The first-order valence-electron chi connectivity index (χ1n) is 4.19. The third-order valence-electron chi connectivity index (χ3n) is 1.68. The van der Waals surface area contributed by atoms with Crippen LogP contribution in [0, 0.1) is 0 Å². The molecule has 1 rings (SSSR count). The molecule has 0 amide bonds. The van der Waals surface area contributed by atoms with Crippen molar-refractivity contribution in [3.8, 4) is 0 Å². The van der Waals surface area contributed by atoms with E-state index in [9.17, 15) is 26.8 Å². The van der Waals surface area contributed by atoms with E-state index in [-0.39, 0.29) is 0 Å². The number of ether oxygens (including phenoxy) is 1. The number of imidazole rings is 1. The molecule has 0 aliphatic carbocycles. The molecule has 0 bridgehead atoms. The lowest BCUT2D eigenvalue weighted by Crippen LogP contribution is -2.40. The zero-order valence-corrected chi connectivity index (χ0v) is 9.30. The van der Waals surface area contributed by atoms with E-state index in [0.29, 0.717) is 0 Å². The molecule has 0 radical (unpaired) electrons. The van der Waals surface area contributed by atoms with E-state index >= 15 is 0 Å². The van der Waals surface area contributed by atoms with Crippen molar-refractivity contribution in [3.05, 3.63) is 18.7 Å². The molecule has 18 heavy (non-hydrogen) atoms. The number of aromatic nitrogens is 2. The largest absolute Gasteiger partial charge is 0.465 e. The van der Waals surface area contributed by atoms with Crippen molar-refractivity contribution in [1.82, 2.24) is 9.55 Å². The summed E-state index contributed by atoms with van der Waals surface area (Å²) in [4.78, 5) is 25.3. The molecule has 1 heterocycles. The molecule has 0 aliphatic rings. The number of carbonyl (C=O) groups is 2. The lowest BCUT2D eigenvalue weighted by molar-refractivity contribution is -0.160. The highest BCUT2D eigenvalue weighted by Crippen LogP contribution is 2.21. The van der Waals surface area contributed by atoms with Gasteiger partial charge in [0.15, 0.2) is 6.61 Å². The van der Waals surface area contributed by atoms with Gasteiger partial charge in [-0.25, -0.2) is 9.78 Å². The normalized spacial score (nSPS) is 12.2. The van der Waals surface area contributed by atoms with Crippen LogP contribution < -0.4 is 0 Å². The van der Waals surface area contributed by atoms with Crippen LogP contribution in [0.25, 0.3) is 0 Å². The van der Waals surface area contributed by atoms with Crippen molar-refractivity contribution in [1.29, 1.82) is 0 Å². The van der Waals surface area contributed by atoms with Gasteiger partial charge >= 0.3 is 21.3 Å². The summed E-state index contributed by atoms with van der Waals surface area (Å²) < 4.78 is 58.4. The minimum absolute atomic E-state index is 0.832. The van der Waals surface area contributed by atoms with E-state index in [4.69, 9.17) is 4.55 Å². The summed E-state index contributed by atoms with van der Waals surface area (Å²) in [6, 6.07) is 0. The van der Waals surface area contributed by atoms with Crippen molar-refractivity contribution in [2.45, 2.75) is 5.25 Å². The van der Waals surface area contributed by atoms with Gasteiger partial charge in [-0.15, -0.1) is 0 Å². The summed E-state index contributed by atoms with van der Waals surface area (Å²) in [5.41, 5.74) is 0. The Kier molecular flexibility index (Phi) is 3.76. The van der Waals surface area contributed by atoms with Crippen LogP contribution in [0.5, 0.6) is 0 Å². The summed E-state index contributed by atoms with van der Waals surface area (Å²) in [7, 11) is -5.94. The van der Waals surface area contributed by atoms with E-state index in [1.54, 1.807) is 0 Å². The summed E-state index contributed by atoms with van der Waals surface area (Å²) in [5.74, 6) is -3.47. The minimum Gasteiger partial charge on any atom is -0.450 e. The topological polar surface area (TPSA) is 116 Å². The van der Waals surface area contributed by atoms with E-state index in [1.165, 1.54) is 6.20 Å². The lowest BCUT2D eigenvalue weighted by Gasteiger charge is -2.11. The fraction of sp³-hybridized carbons (Fsp3) is 0.286. The Balaban J connectivity index is 2.65.